The van der Waals surface area contributed by atoms with Crippen molar-refractivity contribution in [3.05, 3.63) is 35.9 Å². The summed E-state index contributed by atoms with van der Waals surface area (Å²) in [7, 11) is 1.85. The molecule has 1 unspecified atom stereocenters. The Bertz CT molecular complexity index is 451. The zero-order valence-electron chi connectivity index (χ0n) is 13.0. The van der Waals surface area contributed by atoms with Gasteiger partial charge in [0.05, 0.1) is 5.54 Å². The molecule has 0 saturated heterocycles. The minimum atomic E-state index is -0.516. The first-order chi connectivity index (χ1) is 9.45. The molecule has 0 aliphatic heterocycles. The number of nitrogens with one attached hydrogen (secondary N) is 1. The lowest BCUT2D eigenvalue weighted by molar-refractivity contribution is -0.140. The maximum absolute atomic E-state index is 12.8. The van der Waals surface area contributed by atoms with E-state index in [0.29, 0.717) is 18.5 Å². The lowest BCUT2D eigenvalue weighted by Gasteiger charge is -2.36. The van der Waals surface area contributed by atoms with E-state index in [9.17, 15) is 4.79 Å². The summed E-state index contributed by atoms with van der Waals surface area (Å²) < 4.78 is 0. The van der Waals surface area contributed by atoms with Gasteiger partial charge in [-0.3, -0.25) is 4.79 Å². The van der Waals surface area contributed by atoms with E-state index < -0.39 is 5.54 Å². The predicted octanol–water partition coefficient (Wildman–Crippen LogP) is 2.81. The molecule has 3 nitrogen and oxygen atoms in total. The van der Waals surface area contributed by atoms with Crippen LogP contribution < -0.4 is 5.32 Å². The number of hydrogen-bond donors (Lipinski definition) is 1. The molecule has 1 amide bonds. The third-order valence-electron chi connectivity index (χ3n) is 4.41. The van der Waals surface area contributed by atoms with E-state index in [1.54, 1.807) is 0 Å². The highest BCUT2D eigenvalue weighted by Gasteiger charge is 2.38. The Morgan fingerprint density at radius 2 is 1.95 bits per heavy atom. The molecule has 1 aliphatic carbocycles. The normalized spacial score (nSPS) is 16.8. The largest absolute Gasteiger partial charge is 0.334 e. The molecule has 0 aromatic heterocycles. The minimum absolute atomic E-state index is 0.184. The van der Waals surface area contributed by atoms with Crippen LogP contribution in [0.1, 0.15) is 39.2 Å². The zero-order chi connectivity index (χ0) is 14.8. The van der Waals surface area contributed by atoms with Crippen molar-refractivity contribution in [2.45, 2.75) is 51.7 Å². The van der Waals surface area contributed by atoms with Gasteiger partial charge >= 0.3 is 0 Å². The Kier molecular flexibility index (Phi) is 4.48. The van der Waals surface area contributed by atoms with Crippen molar-refractivity contribution in [1.82, 2.24) is 10.2 Å². The van der Waals surface area contributed by atoms with Crippen LogP contribution >= 0.6 is 0 Å². The standard InChI is InChI=1S/C17H26N2O/c1-13(15-10-11-15)19(16(20)17(2,3)18-4)12-14-8-6-5-7-9-14/h5-9,13,15,18H,10-12H2,1-4H3. The number of amides is 1. The topological polar surface area (TPSA) is 32.3 Å². The fourth-order valence-electron chi connectivity index (χ4n) is 2.48. The number of likely N-dealkylation sites (N-methyl/N-ethyl adjacent to an activating group) is 1. The molecule has 20 heavy (non-hydrogen) atoms. The molecule has 1 N–H and O–H groups in total. The maximum atomic E-state index is 12.8. The second-order valence-corrected chi connectivity index (χ2v) is 6.37. The van der Waals surface area contributed by atoms with Crippen molar-refractivity contribution in [2.75, 3.05) is 7.05 Å². The molecule has 2 rings (SSSR count). The summed E-state index contributed by atoms with van der Waals surface area (Å²) in [5.41, 5.74) is 0.679. The van der Waals surface area contributed by atoms with E-state index in [4.69, 9.17) is 0 Å². The fraction of sp³-hybridized carbons (Fsp3) is 0.588. The van der Waals surface area contributed by atoms with Crippen LogP contribution in [0.3, 0.4) is 0 Å². The Hall–Kier alpha value is -1.35. The summed E-state index contributed by atoms with van der Waals surface area (Å²) in [4.78, 5) is 14.9. The molecule has 0 heterocycles. The first-order valence-electron chi connectivity index (χ1n) is 7.49. The molecule has 0 radical (unpaired) electrons. The van der Waals surface area contributed by atoms with Gasteiger partial charge in [0.1, 0.15) is 0 Å². The van der Waals surface area contributed by atoms with Gasteiger partial charge in [-0.2, -0.15) is 0 Å². The molecule has 1 aromatic rings. The molecule has 1 aliphatic rings. The van der Waals surface area contributed by atoms with Crippen LogP contribution in [0, 0.1) is 5.92 Å². The van der Waals surface area contributed by atoms with Crippen LogP contribution in [-0.4, -0.2) is 29.4 Å². The first kappa shape index (κ1) is 15.0. The van der Waals surface area contributed by atoms with E-state index >= 15 is 0 Å². The van der Waals surface area contributed by atoms with Crippen molar-refractivity contribution in [2.24, 2.45) is 5.92 Å². The van der Waals surface area contributed by atoms with Crippen LogP contribution in [0.5, 0.6) is 0 Å². The lowest BCUT2D eigenvalue weighted by atomic mass is 10.0. The fourth-order valence-corrected chi connectivity index (χ4v) is 2.48. The van der Waals surface area contributed by atoms with Gasteiger partial charge in [-0.25, -0.2) is 0 Å². The van der Waals surface area contributed by atoms with E-state index in [1.807, 2.05) is 44.0 Å². The average Bonchev–Trinajstić information content (AvgIpc) is 3.29. The van der Waals surface area contributed by atoms with Crippen molar-refractivity contribution < 1.29 is 4.79 Å². The lowest BCUT2D eigenvalue weighted by Crippen LogP contribution is -2.55. The van der Waals surface area contributed by atoms with E-state index in [0.717, 1.165) is 0 Å². The summed E-state index contributed by atoms with van der Waals surface area (Å²) in [5.74, 6) is 0.860. The van der Waals surface area contributed by atoms with E-state index in [-0.39, 0.29) is 5.91 Å². The number of carbonyl (C=O) groups is 1. The predicted molar refractivity (Wildman–Crippen MR) is 82.3 cm³/mol. The summed E-state index contributed by atoms with van der Waals surface area (Å²) in [6, 6.07) is 10.6. The van der Waals surface area contributed by atoms with Crippen LogP contribution in [0.15, 0.2) is 30.3 Å². The molecule has 1 aromatic carbocycles. The van der Waals surface area contributed by atoms with E-state index in [2.05, 4.69) is 24.4 Å². The van der Waals surface area contributed by atoms with Gasteiger partial charge in [-0.15, -0.1) is 0 Å². The Balaban J connectivity index is 2.18. The van der Waals surface area contributed by atoms with Crippen LogP contribution in [-0.2, 0) is 11.3 Å². The summed E-state index contributed by atoms with van der Waals surface area (Å²) in [6.07, 6.45) is 2.50. The molecule has 1 saturated carbocycles. The van der Waals surface area contributed by atoms with Gasteiger partial charge < -0.3 is 10.2 Å². The zero-order valence-corrected chi connectivity index (χ0v) is 13.0. The Labute approximate surface area is 122 Å². The summed E-state index contributed by atoms with van der Waals surface area (Å²) in [5, 5.41) is 3.13. The first-order valence-corrected chi connectivity index (χ1v) is 7.49. The summed E-state index contributed by atoms with van der Waals surface area (Å²) >= 11 is 0. The number of benzene rings is 1. The van der Waals surface area contributed by atoms with Gasteiger partial charge in [-0.1, -0.05) is 30.3 Å². The highest BCUT2D eigenvalue weighted by Crippen LogP contribution is 2.36. The molecule has 3 heteroatoms. The number of nitrogens with zero attached hydrogens (tertiary/aromatic N) is 1. The van der Waals surface area contributed by atoms with Crippen molar-refractivity contribution >= 4 is 5.91 Å². The van der Waals surface area contributed by atoms with Crippen LogP contribution in [0.25, 0.3) is 0 Å². The van der Waals surface area contributed by atoms with Crippen LogP contribution in [0.4, 0.5) is 0 Å². The van der Waals surface area contributed by atoms with Gasteiger partial charge in [0.2, 0.25) is 5.91 Å². The van der Waals surface area contributed by atoms with Crippen LogP contribution in [0.2, 0.25) is 0 Å². The van der Waals surface area contributed by atoms with E-state index in [1.165, 1.54) is 18.4 Å². The van der Waals surface area contributed by atoms with Crippen molar-refractivity contribution in [3.63, 3.8) is 0 Å². The smallest absolute Gasteiger partial charge is 0.242 e. The highest BCUT2D eigenvalue weighted by atomic mass is 16.2. The van der Waals surface area contributed by atoms with Gasteiger partial charge in [0.15, 0.2) is 0 Å². The SMILES string of the molecule is CNC(C)(C)C(=O)N(Cc1ccccc1)C(C)C1CC1. The van der Waals surface area contributed by atoms with Gasteiger partial charge in [0.25, 0.3) is 0 Å². The molecular formula is C17H26N2O. The molecule has 1 atom stereocenters. The molecule has 1 fully saturated rings. The quantitative estimate of drug-likeness (QED) is 0.865. The number of rotatable bonds is 6. The van der Waals surface area contributed by atoms with Gasteiger partial charge in [0, 0.05) is 12.6 Å². The molecule has 0 bridgehead atoms. The second kappa shape index (κ2) is 5.96. The molecule has 110 valence electrons. The second-order valence-electron chi connectivity index (χ2n) is 6.37. The minimum Gasteiger partial charge on any atom is -0.334 e. The third kappa shape index (κ3) is 3.40. The van der Waals surface area contributed by atoms with Crippen molar-refractivity contribution in [3.8, 4) is 0 Å². The van der Waals surface area contributed by atoms with Gasteiger partial charge in [-0.05, 0) is 52.1 Å². The Morgan fingerprint density at radius 3 is 2.45 bits per heavy atom. The monoisotopic (exact) mass is 274 g/mol. The third-order valence-corrected chi connectivity index (χ3v) is 4.41. The number of carbonyl (C=O) groups excluding carboxylic acids is 1. The maximum Gasteiger partial charge on any atom is 0.242 e. The average molecular weight is 274 g/mol. The molecular weight excluding hydrogens is 248 g/mol. The Morgan fingerprint density at radius 1 is 1.35 bits per heavy atom. The number of hydrogen-bond acceptors (Lipinski definition) is 2. The van der Waals surface area contributed by atoms with Crippen molar-refractivity contribution in [1.29, 1.82) is 0 Å². The molecule has 0 spiro atoms. The highest BCUT2D eigenvalue weighted by molar-refractivity contribution is 5.85. The summed E-state index contributed by atoms with van der Waals surface area (Å²) in [6.45, 7) is 6.78.